The maximum atomic E-state index is 12.2. The van der Waals surface area contributed by atoms with Gasteiger partial charge in [0, 0.05) is 12.0 Å². The second-order valence-electron chi connectivity index (χ2n) is 6.39. The van der Waals surface area contributed by atoms with Gasteiger partial charge >= 0.3 is 0 Å². The molecule has 1 aromatic rings. The molecule has 0 saturated carbocycles. The van der Waals surface area contributed by atoms with E-state index in [0.29, 0.717) is 12.2 Å². The van der Waals surface area contributed by atoms with Crippen molar-refractivity contribution in [2.75, 3.05) is 19.6 Å². The zero-order chi connectivity index (χ0) is 15.6. The zero-order valence-electron chi connectivity index (χ0n) is 14.0. The Kier molecular flexibility index (Phi) is 7.65. The molecule has 0 aromatic heterocycles. The summed E-state index contributed by atoms with van der Waals surface area (Å²) in [5.74, 6) is 0.302. The molecule has 2 rings (SSSR count). The number of benzene rings is 1. The van der Waals surface area contributed by atoms with Crippen molar-refractivity contribution in [3.05, 3.63) is 41.8 Å². The molecule has 22 heavy (non-hydrogen) atoms. The van der Waals surface area contributed by atoms with Crippen LogP contribution in [-0.2, 0) is 6.42 Å². The molecule has 1 fully saturated rings. The van der Waals surface area contributed by atoms with Crippen molar-refractivity contribution < 1.29 is 4.79 Å². The average Bonchev–Trinajstić information content (AvgIpc) is 2.56. The molecule has 1 aliphatic rings. The van der Waals surface area contributed by atoms with Gasteiger partial charge in [-0.15, -0.1) is 0 Å². The van der Waals surface area contributed by atoms with Crippen LogP contribution < -0.4 is 0 Å². The lowest BCUT2D eigenvalue weighted by atomic mass is 10.0. The third kappa shape index (κ3) is 5.92. The van der Waals surface area contributed by atoms with Crippen molar-refractivity contribution >= 4 is 5.78 Å². The summed E-state index contributed by atoms with van der Waals surface area (Å²) in [5.41, 5.74) is 2.21. The van der Waals surface area contributed by atoms with Gasteiger partial charge in [-0.3, -0.25) is 4.79 Å². The van der Waals surface area contributed by atoms with E-state index in [9.17, 15) is 4.79 Å². The van der Waals surface area contributed by atoms with Crippen LogP contribution in [0.2, 0.25) is 0 Å². The molecule has 1 heterocycles. The normalized spacial score (nSPS) is 15.9. The quantitative estimate of drug-likeness (QED) is 0.487. The highest BCUT2D eigenvalue weighted by atomic mass is 16.1. The maximum Gasteiger partial charge on any atom is 0.162 e. The number of nitrogens with zero attached hydrogens (tertiary/aromatic N) is 1. The summed E-state index contributed by atoms with van der Waals surface area (Å²) in [6.07, 6.45) is 11.2. The van der Waals surface area contributed by atoms with E-state index in [4.69, 9.17) is 0 Å². The van der Waals surface area contributed by atoms with Crippen molar-refractivity contribution in [1.82, 2.24) is 4.90 Å². The van der Waals surface area contributed by atoms with Crippen LogP contribution in [0.25, 0.3) is 0 Å². The summed E-state index contributed by atoms with van der Waals surface area (Å²) >= 11 is 0. The van der Waals surface area contributed by atoms with Crippen molar-refractivity contribution in [1.29, 1.82) is 0 Å². The van der Waals surface area contributed by atoms with Gasteiger partial charge < -0.3 is 4.90 Å². The van der Waals surface area contributed by atoms with Crippen LogP contribution in [0.5, 0.6) is 0 Å². The molecule has 2 nitrogen and oxygen atoms in total. The number of hydrogen-bond donors (Lipinski definition) is 0. The molecule has 0 amide bonds. The minimum Gasteiger partial charge on any atom is -0.303 e. The van der Waals surface area contributed by atoms with E-state index in [1.807, 2.05) is 12.1 Å². The van der Waals surface area contributed by atoms with Gasteiger partial charge in [0.15, 0.2) is 5.78 Å². The molecule has 121 valence electrons. The Bertz CT molecular complexity index is 432. The smallest absolute Gasteiger partial charge is 0.162 e. The van der Waals surface area contributed by atoms with E-state index in [-0.39, 0.29) is 0 Å². The molecule has 2 heteroatoms. The van der Waals surface area contributed by atoms with Gasteiger partial charge in [0.25, 0.3) is 0 Å². The van der Waals surface area contributed by atoms with E-state index in [2.05, 4.69) is 30.4 Å². The molecule has 0 spiro atoms. The fourth-order valence-corrected chi connectivity index (χ4v) is 3.12. The van der Waals surface area contributed by atoms with Gasteiger partial charge in [-0.2, -0.15) is 0 Å². The number of aryl methyl sites for hydroxylation is 1. The first kappa shape index (κ1) is 17.2. The maximum absolute atomic E-state index is 12.2. The highest BCUT2D eigenvalue weighted by Gasteiger charge is 2.10. The third-order valence-electron chi connectivity index (χ3n) is 4.49. The number of ketones is 1. The summed E-state index contributed by atoms with van der Waals surface area (Å²) < 4.78 is 0. The fraction of sp³-hybridized carbons (Fsp3) is 0.600. The predicted octanol–water partition coefficient (Wildman–Crippen LogP) is 4.68. The Hall–Kier alpha value is -1.15. The highest BCUT2D eigenvalue weighted by molar-refractivity contribution is 5.96. The molecule has 0 N–H and O–H groups in total. The Balaban J connectivity index is 1.60. The number of Topliss-reactive ketones (excluding diaryl/α,β-unsaturated/α-hetero) is 1. The van der Waals surface area contributed by atoms with Gasteiger partial charge in [-0.1, -0.05) is 44.0 Å². The summed E-state index contributed by atoms with van der Waals surface area (Å²) in [6, 6.07) is 8.20. The summed E-state index contributed by atoms with van der Waals surface area (Å²) in [4.78, 5) is 14.7. The van der Waals surface area contributed by atoms with Crippen LogP contribution >= 0.6 is 0 Å². The second kappa shape index (κ2) is 9.78. The van der Waals surface area contributed by atoms with E-state index in [0.717, 1.165) is 24.8 Å². The SMILES string of the molecule is CCCc1ccc(C(=O)CCCCCN2CC[CH]CC2)cc1. The number of rotatable bonds is 9. The first-order valence-electron chi connectivity index (χ1n) is 8.95. The van der Waals surface area contributed by atoms with Crippen LogP contribution in [0.15, 0.2) is 24.3 Å². The molecule has 0 atom stereocenters. The predicted molar refractivity (Wildman–Crippen MR) is 93.2 cm³/mol. The molecule has 0 aliphatic carbocycles. The van der Waals surface area contributed by atoms with Crippen LogP contribution in [0.1, 0.15) is 67.8 Å². The Morgan fingerprint density at radius 2 is 1.77 bits per heavy atom. The van der Waals surface area contributed by atoms with Gasteiger partial charge in [-0.05, 0) is 63.7 Å². The number of hydrogen-bond acceptors (Lipinski definition) is 2. The number of piperidine rings is 1. The van der Waals surface area contributed by atoms with Gasteiger partial charge in [0.1, 0.15) is 0 Å². The lowest BCUT2D eigenvalue weighted by Gasteiger charge is -2.26. The van der Waals surface area contributed by atoms with Crippen LogP contribution in [0, 0.1) is 6.42 Å². The van der Waals surface area contributed by atoms with E-state index < -0.39 is 0 Å². The van der Waals surface area contributed by atoms with Crippen molar-refractivity contribution in [2.24, 2.45) is 0 Å². The first-order chi connectivity index (χ1) is 10.8. The molecule has 1 aromatic carbocycles. The summed E-state index contributed by atoms with van der Waals surface area (Å²) in [6.45, 7) is 5.83. The van der Waals surface area contributed by atoms with E-state index >= 15 is 0 Å². The average molecular weight is 300 g/mol. The minimum atomic E-state index is 0.302. The monoisotopic (exact) mass is 300 g/mol. The topological polar surface area (TPSA) is 20.3 Å². The Morgan fingerprint density at radius 3 is 2.45 bits per heavy atom. The summed E-state index contributed by atoms with van der Waals surface area (Å²) in [7, 11) is 0. The molecule has 0 bridgehead atoms. The minimum absolute atomic E-state index is 0.302. The van der Waals surface area contributed by atoms with E-state index in [1.165, 1.54) is 50.9 Å². The lowest BCUT2D eigenvalue weighted by Crippen LogP contribution is -2.30. The van der Waals surface area contributed by atoms with Crippen molar-refractivity contribution in [3.8, 4) is 0 Å². The molecule has 0 unspecified atom stereocenters. The molecule has 1 aliphatic heterocycles. The standard InChI is InChI=1S/C20H30NO/c1-2-9-18-11-13-19(14-12-18)20(22)10-5-3-6-15-21-16-7-4-8-17-21/h4,11-14H,2-3,5-10,15-17H2,1H3. The second-order valence-corrected chi connectivity index (χ2v) is 6.39. The molecular formula is C20H30NO. The van der Waals surface area contributed by atoms with Crippen LogP contribution in [-0.4, -0.2) is 30.3 Å². The zero-order valence-corrected chi connectivity index (χ0v) is 14.0. The van der Waals surface area contributed by atoms with Crippen molar-refractivity contribution in [3.63, 3.8) is 0 Å². The molecule has 1 radical (unpaired) electrons. The van der Waals surface area contributed by atoms with Crippen LogP contribution in [0.3, 0.4) is 0 Å². The largest absolute Gasteiger partial charge is 0.303 e. The Morgan fingerprint density at radius 1 is 1.05 bits per heavy atom. The van der Waals surface area contributed by atoms with Crippen LogP contribution in [0.4, 0.5) is 0 Å². The Labute approximate surface area is 135 Å². The summed E-state index contributed by atoms with van der Waals surface area (Å²) in [5, 5.41) is 0. The molecular weight excluding hydrogens is 270 g/mol. The third-order valence-corrected chi connectivity index (χ3v) is 4.49. The van der Waals surface area contributed by atoms with Gasteiger partial charge in [0.2, 0.25) is 0 Å². The number of likely N-dealkylation sites (tertiary alicyclic amines) is 1. The number of unbranched alkanes of at least 4 members (excludes halogenated alkanes) is 2. The van der Waals surface area contributed by atoms with Crippen molar-refractivity contribution in [2.45, 2.75) is 58.3 Å². The number of carbonyl (C=O) groups is 1. The van der Waals surface area contributed by atoms with Gasteiger partial charge in [-0.25, -0.2) is 0 Å². The molecule has 1 saturated heterocycles. The lowest BCUT2D eigenvalue weighted by molar-refractivity contribution is 0.0978. The number of carbonyl (C=O) groups excluding carboxylic acids is 1. The van der Waals surface area contributed by atoms with E-state index in [1.54, 1.807) is 0 Å². The van der Waals surface area contributed by atoms with Gasteiger partial charge in [0.05, 0.1) is 0 Å². The fourth-order valence-electron chi connectivity index (χ4n) is 3.12. The highest BCUT2D eigenvalue weighted by Crippen LogP contribution is 2.13. The first-order valence-corrected chi connectivity index (χ1v) is 8.95.